The molecule has 2 heterocycles. The van der Waals surface area contributed by atoms with Gasteiger partial charge < -0.3 is 4.90 Å². The average Bonchev–Trinajstić information content (AvgIpc) is 3.49. The summed E-state index contributed by atoms with van der Waals surface area (Å²) < 4.78 is 27.2. The predicted octanol–water partition coefficient (Wildman–Crippen LogP) is 3.17. The highest BCUT2D eigenvalue weighted by Crippen LogP contribution is 2.38. The minimum Gasteiger partial charge on any atom is -0.352 e. The predicted molar refractivity (Wildman–Crippen MR) is 101 cm³/mol. The van der Waals surface area contributed by atoms with Gasteiger partial charge in [0.1, 0.15) is 4.90 Å². The van der Waals surface area contributed by atoms with Crippen LogP contribution in [0.2, 0.25) is 10.0 Å². The highest BCUT2D eigenvalue weighted by molar-refractivity contribution is 7.89. The van der Waals surface area contributed by atoms with E-state index in [2.05, 4.69) is 15.1 Å². The Hall–Kier alpha value is -1.41. The molecule has 0 N–H and O–H groups in total. The highest BCUT2D eigenvalue weighted by Gasteiger charge is 2.31. The molecule has 0 radical (unpaired) electrons. The first-order chi connectivity index (χ1) is 12.4. The normalized spacial score (nSPS) is 18.9. The Labute approximate surface area is 162 Å². The quantitative estimate of drug-likeness (QED) is 0.771. The summed E-state index contributed by atoms with van der Waals surface area (Å²) in [5.74, 6) is 1.35. The molecule has 2 fully saturated rings. The van der Waals surface area contributed by atoms with Gasteiger partial charge in [-0.15, -0.1) is 5.10 Å². The summed E-state index contributed by atoms with van der Waals surface area (Å²) in [6, 6.07) is 8.47. The Morgan fingerprint density at radius 3 is 2.31 bits per heavy atom. The van der Waals surface area contributed by atoms with Crippen LogP contribution in [0.25, 0.3) is 0 Å². The van der Waals surface area contributed by atoms with Gasteiger partial charge in [-0.3, -0.25) is 0 Å². The maximum absolute atomic E-state index is 12.9. The van der Waals surface area contributed by atoms with Gasteiger partial charge in [0, 0.05) is 37.1 Å². The van der Waals surface area contributed by atoms with Crippen LogP contribution in [0.4, 0.5) is 5.82 Å². The number of sulfonamides is 1. The largest absolute Gasteiger partial charge is 0.352 e. The summed E-state index contributed by atoms with van der Waals surface area (Å²) in [4.78, 5) is 2.10. The van der Waals surface area contributed by atoms with Crippen molar-refractivity contribution in [3.63, 3.8) is 0 Å². The molecule has 0 amide bonds. The molecular formula is C17H18Cl2N4O2S. The third-order valence-corrected chi connectivity index (χ3v) is 7.36. The zero-order chi connectivity index (χ0) is 18.3. The first-order valence-electron chi connectivity index (χ1n) is 8.49. The van der Waals surface area contributed by atoms with Crippen molar-refractivity contribution < 1.29 is 8.42 Å². The number of piperazine rings is 1. The fourth-order valence-corrected chi connectivity index (χ4v) is 5.23. The van der Waals surface area contributed by atoms with Gasteiger partial charge in [-0.05, 0) is 43.2 Å². The zero-order valence-corrected chi connectivity index (χ0v) is 16.3. The van der Waals surface area contributed by atoms with E-state index in [4.69, 9.17) is 23.2 Å². The third-order valence-electron chi connectivity index (χ3n) is 4.74. The van der Waals surface area contributed by atoms with Crippen molar-refractivity contribution in [2.24, 2.45) is 0 Å². The molecular weight excluding hydrogens is 395 g/mol. The maximum atomic E-state index is 12.9. The lowest BCUT2D eigenvalue weighted by Crippen LogP contribution is -2.49. The summed E-state index contributed by atoms with van der Waals surface area (Å²) in [6.45, 7) is 1.82. The number of anilines is 1. The molecule has 1 saturated carbocycles. The number of benzene rings is 1. The van der Waals surface area contributed by atoms with Crippen molar-refractivity contribution in [3.8, 4) is 0 Å². The lowest BCUT2D eigenvalue weighted by molar-refractivity contribution is 0.383. The van der Waals surface area contributed by atoms with Gasteiger partial charge >= 0.3 is 0 Å². The Morgan fingerprint density at radius 1 is 0.962 bits per heavy atom. The molecule has 0 atom stereocenters. The summed E-state index contributed by atoms with van der Waals surface area (Å²) in [5, 5.41) is 9.13. The second-order valence-corrected chi connectivity index (χ2v) is 9.31. The number of halogens is 2. The lowest BCUT2D eigenvalue weighted by Gasteiger charge is -2.34. The van der Waals surface area contributed by atoms with Crippen molar-refractivity contribution in [2.75, 3.05) is 31.1 Å². The number of hydrogen-bond acceptors (Lipinski definition) is 5. The summed E-state index contributed by atoms with van der Waals surface area (Å²) in [7, 11) is -3.68. The van der Waals surface area contributed by atoms with Crippen molar-refractivity contribution in [2.45, 2.75) is 23.7 Å². The van der Waals surface area contributed by atoms with E-state index in [9.17, 15) is 8.42 Å². The van der Waals surface area contributed by atoms with E-state index in [1.165, 1.54) is 29.3 Å². The molecule has 9 heteroatoms. The van der Waals surface area contributed by atoms with Gasteiger partial charge in [0.15, 0.2) is 5.82 Å². The van der Waals surface area contributed by atoms with Gasteiger partial charge in [0.25, 0.3) is 0 Å². The van der Waals surface area contributed by atoms with Crippen molar-refractivity contribution in [1.82, 2.24) is 14.5 Å². The number of hydrogen-bond donors (Lipinski definition) is 0. The lowest BCUT2D eigenvalue weighted by atomic mass is 10.2. The van der Waals surface area contributed by atoms with Gasteiger partial charge in [-0.2, -0.15) is 9.40 Å². The molecule has 1 aliphatic heterocycles. The summed E-state index contributed by atoms with van der Waals surface area (Å²) in [6.07, 6.45) is 2.38. The topological polar surface area (TPSA) is 66.4 Å². The van der Waals surface area contributed by atoms with Crippen molar-refractivity contribution in [3.05, 3.63) is 46.1 Å². The average molecular weight is 413 g/mol. The Morgan fingerprint density at radius 2 is 1.69 bits per heavy atom. The molecule has 0 spiro atoms. The van der Waals surface area contributed by atoms with Crippen LogP contribution in [0.15, 0.2) is 35.2 Å². The molecule has 26 heavy (non-hydrogen) atoms. The van der Waals surface area contributed by atoms with E-state index in [1.54, 1.807) is 6.07 Å². The van der Waals surface area contributed by atoms with Crippen LogP contribution in [0, 0.1) is 0 Å². The fourth-order valence-electron chi connectivity index (χ4n) is 3.07. The molecule has 6 nitrogen and oxygen atoms in total. The standard InChI is InChI=1S/C17H18Cl2N4O2S/c18-13-3-4-14(19)16(11-13)26(24,25)23-9-7-22(8-10-23)17-6-5-15(20-21-17)12-1-2-12/h3-6,11-12H,1-2,7-10H2. The Balaban J connectivity index is 1.46. The van der Waals surface area contributed by atoms with Crippen LogP contribution in [0.1, 0.15) is 24.5 Å². The van der Waals surface area contributed by atoms with Crippen LogP contribution in [-0.2, 0) is 10.0 Å². The molecule has 1 aromatic carbocycles. The molecule has 1 aliphatic carbocycles. The van der Waals surface area contributed by atoms with Gasteiger partial charge in [-0.1, -0.05) is 23.2 Å². The Bertz CT molecular complexity index is 909. The molecule has 138 valence electrons. The van der Waals surface area contributed by atoms with E-state index in [1.807, 2.05) is 12.1 Å². The second-order valence-electron chi connectivity index (χ2n) is 6.56. The molecule has 2 aliphatic rings. The van der Waals surface area contributed by atoms with E-state index in [0.29, 0.717) is 37.1 Å². The smallest absolute Gasteiger partial charge is 0.244 e. The number of nitrogens with zero attached hydrogens (tertiary/aromatic N) is 4. The van der Waals surface area contributed by atoms with E-state index >= 15 is 0 Å². The van der Waals surface area contributed by atoms with Gasteiger partial charge in [0.2, 0.25) is 10.0 Å². The second kappa shape index (κ2) is 6.96. The summed E-state index contributed by atoms with van der Waals surface area (Å²) in [5.41, 5.74) is 1.05. The molecule has 1 aromatic heterocycles. The zero-order valence-electron chi connectivity index (χ0n) is 14.0. The SMILES string of the molecule is O=S(=O)(c1cc(Cl)ccc1Cl)N1CCN(c2ccc(C3CC3)nn2)CC1. The van der Waals surface area contributed by atoms with Crippen LogP contribution < -0.4 is 4.90 Å². The number of aromatic nitrogens is 2. The monoisotopic (exact) mass is 412 g/mol. The maximum Gasteiger partial charge on any atom is 0.244 e. The van der Waals surface area contributed by atoms with Crippen LogP contribution >= 0.6 is 23.2 Å². The molecule has 1 saturated heterocycles. The molecule has 0 bridgehead atoms. The van der Waals surface area contributed by atoms with E-state index in [-0.39, 0.29) is 9.92 Å². The van der Waals surface area contributed by atoms with Crippen molar-refractivity contribution >= 4 is 39.0 Å². The van der Waals surface area contributed by atoms with Crippen molar-refractivity contribution in [1.29, 1.82) is 0 Å². The minimum atomic E-state index is -3.68. The van der Waals surface area contributed by atoms with Crippen LogP contribution in [0.5, 0.6) is 0 Å². The van der Waals surface area contributed by atoms with E-state index in [0.717, 1.165) is 11.5 Å². The molecule has 2 aromatic rings. The van der Waals surface area contributed by atoms with Crippen LogP contribution in [-0.4, -0.2) is 49.1 Å². The first kappa shape index (κ1) is 18.0. The molecule has 4 rings (SSSR count). The van der Waals surface area contributed by atoms with Gasteiger partial charge in [-0.25, -0.2) is 8.42 Å². The number of rotatable bonds is 4. The van der Waals surface area contributed by atoms with Gasteiger partial charge in [0.05, 0.1) is 10.7 Å². The summed E-state index contributed by atoms with van der Waals surface area (Å²) >= 11 is 12.0. The Kier molecular flexibility index (Phi) is 4.81. The van der Waals surface area contributed by atoms with Crippen LogP contribution in [0.3, 0.4) is 0 Å². The fraction of sp³-hybridized carbons (Fsp3) is 0.412. The van der Waals surface area contributed by atoms with E-state index < -0.39 is 10.0 Å². The highest BCUT2D eigenvalue weighted by atomic mass is 35.5. The first-order valence-corrected chi connectivity index (χ1v) is 10.7. The molecule has 0 unspecified atom stereocenters. The third kappa shape index (κ3) is 3.53. The minimum absolute atomic E-state index is 0.0497.